The summed E-state index contributed by atoms with van der Waals surface area (Å²) >= 11 is 0. The maximum absolute atomic E-state index is 11.2. The number of hydrogen-bond donors (Lipinski definition) is 4. The number of aliphatic carboxylic acids is 2. The third-order valence-corrected chi connectivity index (χ3v) is 1.86. The first-order valence-corrected chi connectivity index (χ1v) is 5.76. The van der Waals surface area contributed by atoms with Crippen LogP contribution < -0.4 is 10.6 Å². The molecule has 0 fully saturated rings. The molecule has 0 aliphatic heterocycles. The van der Waals surface area contributed by atoms with Gasteiger partial charge in [0.1, 0.15) is 11.6 Å². The van der Waals surface area contributed by atoms with Gasteiger partial charge in [0.15, 0.2) is 0 Å². The molecule has 0 aromatic carbocycles. The summed E-state index contributed by atoms with van der Waals surface area (Å²) in [6.07, 6.45) is -1.14. The van der Waals surface area contributed by atoms with Crippen molar-refractivity contribution in [2.45, 2.75) is 38.8 Å². The maximum atomic E-state index is 11.2. The van der Waals surface area contributed by atoms with Crippen molar-refractivity contribution in [3.05, 3.63) is 0 Å². The van der Waals surface area contributed by atoms with Crippen LogP contribution in [0.5, 0.6) is 0 Å². The maximum Gasteiger partial charge on any atom is 0.407 e. The average Bonchev–Trinajstić information content (AvgIpc) is 2.19. The molecule has 110 valence electrons. The smallest absolute Gasteiger partial charge is 0.407 e. The molecule has 0 spiro atoms. The Morgan fingerprint density at radius 2 is 1.74 bits per heavy atom. The van der Waals surface area contributed by atoms with E-state index in [1.807, 2.05) is 0 Å². The van der Waals surface area contributed by atoms with E-state index in [9.17, 15) is 14.4 Å². The summed E-state index contributed by atoms with van der Waals surface area (Å²) in [5.41, 5.74) is -0.607. The van der Waals surface area contributed by atoms with E-state index in [2.05, 4.69) is 10.6 Å². The number of carbonyl (C=O) groups excluding carboxylic acids is 1. The van der Waals surface area contributed by atoms with Crippen LogP contribution in [0.4, 0.5) is 4.79 Å². The Morgan fingerprint density at radius 1 is 1.16 bits per heavy atom. The number of alkyl carbamates (subject to hydrolysis) is 1. The van der Waals surface area contributed by atoms with Crippen LogP contribution >= 0.6 is 0 Å². The van der Waals surface area contributed by atoms with Crippen molar-refractivity contribution in [2.75, 3.05) is 13.1 Å². The van der Waals surface area contributed by atoms with Gasteiger partial charge in [-0.15, -0.1) is 0 Å². The molecule has 0 radical (unpaired) electrons. The van der Waals surface area contributed by atoms with E-state index in [4.69, 9.17) is 14.9 Å². The van der Waals surface area contributed by atoms with Gasteiger partial charge in [0.2, 0.25) is 0 Å². The summed E-state index contributed by atoms with van der Waals surface area (Å²) in [5, 5.41) is 22.2. The molecular weight excluding hydrogens is 256 g/mol. The zero-order valence-corrected chi connectivity index (χ0v) is 11.2. The van der Waals surface area contributed by atoms with Crippen LogP contribution in [0.1, 0.15) is 27.2 Å². The first kappa shape index (κ1) is 17.2. The van der Waals surface area contributed by atoms with Gasteiger partial charge in [0, 0.05) is 13.1 Å². The lowest BCUT2D eigenvalue weighted by Crippen LogP contribution is -2.43. The molecule has 0 rings (SSSR count). The first-order valence-electron chi connectivity index (χ1n) is 5.76. The minimum atomic E-state index is -1.25. The van der Waals surface area contributed by atoms with Crippen LogP contribution in [0.15, 0.2) is 0 Å². The van der Waals surface area contributed by atoms with Crippen LogP contribution in [0.3, 0.4) is 0 Å². The minimum Gasteiger partial charge on any atom is -0.481 e. The number of ether oxygens (including phenoxy) is 1. The lowest BCUT2D eigenvalue weighted by molar-refractivity contribution is -0.145. The van der Waals surface area contributed by atoms with Gasteiger partial charge >= 0.3 is 18.0 Å². The van der Waals surface area contributed by atoms with E-state index >= 15 is 0 Å². The Morgan fingerprint density at radius 3 is 2.16 bits per heavy atom. The van der Waals surface area contributed by atoms with E-state index in [1.165, 1.54) is 0 Å². The molecule has 19 heavy (non-hydrogen) atoms. The fraction of sp³-hybridized carbons (Fsp3) is 0.727. The number of nitrogens with one attached hydrogen (secondary N) is 2. The third kappa shape index (κ3) is 9.83. The number of carboxylic acid groups (broad SMARTS) is 2. The summed E-state index contributed by atoms with van der Waals surface area (Å²) in [6.45, 7) is 5.43. The number of rotatable bonds is 7. The van der Waals surface area contributed by atoms with Crippen molar-refractivity contribution in [2.24, 2.45) is 0 Å². The average molecular weight is 276 g/mol. The second-order valence-electron chi connectivity index (χ2n) is 4.87. The SMILES string of the molecule is CC(C)(C)OC(=O)NCCN[C@H](CC(=O)O)C(=O)O. The monoisotopic (exact) mass is 276 g/mol. The van der Waals surface area contributed by atoms with E-state index in [0.29, 0.717) is 0 Å². The highest BCUT2D eigenvalue weighted by Crippen LogP contribution is 2.05. The van der Waals surface area contributed by atoms with E-state index in [-0.39, 0.29) is 13.1 Å². The van der Waals surface area contributed by atoms with E-state index in [1.54, 1.807) is 20.8 Å². The second-order valence-corrected chi connectivity index (χ2v) is 4.87. The summed E-state index contributed by atoms with van der Waals surface area (Å²) in [4.78, 5) is 32.4. The van der Waals surface area contributed by atoms with Gasteiger partial charge < -0.3 is 25.6 Å². The number of amides is 1. The molecule has 0 unspecified atom stereocenters. The zero-order chi connectivity index (χ0) is 15.1. The zero-order valence-electron chi connectivity index (χ0n) is 11.2. The van der Waals surface area contributed by atoms with Crippen molar-refractivity contribution in [1.29, 1.82) is 0 Å². The lowest BCUT2D eigenvalue weighted by Gasteiger charge is -2.20. The van der Waals surface area contributed by atoms with Crippen LogP contribution in [0, 0.1) is 0 Å². The summed E-state index contributed by atoms with van der Waals surface area (Å²) in [6, 6.07) is -1.18. The Labute approximate surface area is 111 Å². The number of hydrogen-bond acceptors (Lipinski definition) is 5. The van der Waals surface area contributed by atoms with Crippen LogP contribution in [-0.2, 0) is 14.3 Å². The van der Waals surface area contributed by atoms with Gasteiger partial charge in [-0.05, 0) is 20.8 Å². The number of carbonyl (C=O) groups is 3. The topological polar surface area (TPSA) is 125 Å². The molecule has 1 atom stereocenters. The Balaban J connectivity index is 3.92. The predicted octanol–water partition coefficient (Wildman–Crippen LogP) is 0.0286. The second kappa shape index (κ2) is 7.57. The van der Waals surface area contributed by atoms with Crippen molar-refractivity contribution in [3.8, 4) is 0 Å². The highest BCUT2D eigenvalue weighted by atomic mass is 16.6. The highest BCUT2D eigenvalue weighted by Gasteiger charge is 2.20. The molecule has 4 N–H and O–H groups in total. The molecule has 1 amide bonds. The highest BCUT2D eigenvalue weighted by molar-refractivity contribution is 5.80. The van der Waals surface area contributed by atoms with Crippen LogP contribution in [0.2, 0.25) is 0 Å². The van der Waals surface area contributed by atoms with Gasteiger partial charge in [-0.3, -0.25) is 9.59 Å². The van der Waals surface area contributed by atoms with Gasteiger partial charge in [-0.25, -0.2) is 4.79 Å². The molecule has 0 aromatic heterocycles. The Bertz CT molecular complexity index is 337. The summed E-state index contributed by atoms with van der Waals surface area (Å²) in [5.74, 6) is -2.46. The molecule has 8 heteroatoms. The van der Waals surface area contributed by atoms with Crippen LogP contribution in [0.25, 0.3) is 0 Å². The Hall–Kier alpha value is -1.83. The van der Waals surface area contributed by atoms with Crippen LogP contribution in [-0.4, -0.2) is 53.0 Å². The van der Waals surface area contributed by atoms with Crippen molar-refractivity contribution in [1.82, 2.24) is 10.6 Å². The van der Waals surface area contributed by atoms with Gasteiger partial charge in [-0.2, -0.15) is 0 Å². The molecule has 0 heterocycles. The molecule has 0 aromatic rings. The summed E-state index contributed by atoms with van der Waals surface area (Å²) < 4.78 is 4.97. The van der Waals surface area contributed by atoms with Gasteiger partial charge in [-0.1, -0.05) is 0 Å². The molecule has 8 nitrogen and oxygen atoms in total. The first-order chi connectivity index (χ1) is 8.61. The minimum absolute atomic E-state index is 0.128. The third-order valence-electron chi connectivity index (χ3n) is 1.86. The lowest BCUT2D eigenvalue weighted by atomic mass is 10.2. The largest absolute Gasteiger partial charge is 0.481 e. The van der Waals surface area contributed by atoms with Gasteiger partial charge in [0.05, 0.1) is 6.42 Å². The van der Waals surface area contributed by atoms with Crippen molar-refractivity contribution < 1.29 is 29.3 Å². The predicted molar refractivity (Wildman–Crippen MR) is 65.9 cm³/mol. The fourth-order valence-corrected chi connectivity index (χ4v) is 1.15. The number of carboxylic acids is 2. The normalized spacial score (nSPS) is 12.6. The fourth-order valence-electron chi connectivity index (χ4n) is 1.15. The molecule has 0 aliphatic rings. The molecule has 0 saturated heterocycles. The molecule has 0 aliphatic carbocycles. The Kier molecular flexibility index (Phi) is 6.84. The summed E-state index contributed by atoms with van der Waals surface area (Å²) in [7, 11) is 0. The van der Waals surface area contributed by atoms with Crippen molar-refractivity contribution in [3.63, 3.8) is 0 Å². The molecular formula is C11H20N2O6. The van der Waals surface area contributed by atoms with E-state index in [0.717, 1.165) is 0 Å². The molecule has 0 bridgehead atoms. The quantitative estimate of drug-likeness (QED) is 0.483. The van der Waals surface area contributed by atoms with Crippen molar-refractivity contribution >= 4 is 18.0 Å². The van der Waals surface area contributed by atoms with Gasteiger partial charge in [0.25, 0.3) is 0 Å². The molecule has 0 saturated carbocycles. The standard InChI is InChI=1S/C11H20N2O6/c1-11(2,3)19-10(18)13-5-4-12-7(9(16)17)6-8(14)15/h7,12H,4-6H2,1-3H3,(H,13,18)(H,14,15)(H,16,17)/t7-/m1/s1. The van der Waals surface area contributed by atoms with E-state index < -0.39 is 36.1 Å².